The third kappa shape index (κ3) is 2.96. The Balaban J connectivity index is 2.12. The number of hydrogen-bond acceptors (Lipinski definition) is 1. The first-order valence-electron chi connectivity index (χ1n) is 6.24. The summed E-state index contributed by atoms with van der Waals surface area (Å²) >= 11 is 0. The van der Waals surface area contributed by atoms with Crippen LogP contribution < -0.4 is 5.32 Å². The maximum absolute atomic E-state index is 12.1. The molecule has 1 amide bonds. The maximum atomic E-state index is 12.1. The van der Waals surface area contributed by atoms with Gasteiger partial charge in [-0.05, 0) is 43.0 Å². The summed E-state index contributed by atoms with van der Waals surface area (Å²) in [5.74, 6) is 0.0451. The van der Waals surface area contributed by atoms with Crippen molar-refractivity contribution in [2.45, 2.75) is 38.6 Å². The number of carbonyl (C=O) groups is 1. The van der Waals surface area contributed by atoms with Crippen LogP contribution in [0.5, 0.6) is 0 Å². The van der Waals surface area contributed by atoms with E-state index in [2.05, 4.69) is 11.9 Å². The quantitative estimate of drug-likeness (QED) is 0.846. The van der Waals surface area contributed by atoms with E-state index in [9.17, 15) is 4.79 Å². The van der Waals surface area contributed by atoms with Crippen LogP contribution in [0.1, 0.15) is 47.2 Å². The fraction of sp³-hybridized carbons (Fsp3) is 0.400. The minimum atomic E-state index is 0.0451. The van der Waals surface area contributed by atoms with E-state index in [1.807, 2.05) is 25.1 Å². The minimum Gasteiger partial charge on any atom is -0.349 e. The summed E-state index contributed by atoms with van der Waals surface area (Å²) in [6.07, 6.45) is 6.48. The van der Waals surface area contributed by atoms with Crippen LogP contribution in [0.3, 0.4) is 0 Å². The number of hydrogen-bond donors (Lipinski definition) is 1. The molecule has 0 radical (unpaired) electrons. The summed E-state index contributed by atoms with van der Waals surface area (Å²) in [6, 6.07) is 6.22. The molecule has 1 fully saturated rings. The summed E-state index contributed by atoms with van der Waals surface area (Å²) < 4.78 is 0. The Kier molecular flexibility index (Phi) is 3.62. The van der Waals surface area contributed by atoms with Crippen molar-refractivity contribution in [1.82, 2.24) is 5.32 Å². The van der Waals surface area contributed by atoms with Crippen molar-refractivity contribution in [3.05, 3.63) is 41.5 Å². The lowest BCUT2D eigenvalue weighted by Crippen LogP contribution is -2.32. The summed E-state index contributed by atoms with van der Waals surface area (Å²) in [5, 5.41) is 3.10. The van der Waals surface area contributed by atoms with Crippen LogP contribution in [0, 0.1) is 6.92 Å². The molecule has 2 rings (SSSR count). The van der Waals surface area contributed by atoms with Crippen LogP contribution >= 0.6 is 0 Å². The van der Waals surface area contributed by atoms with Gasteiger partial charge in [0.2, 0.25) is 0 Å². The van der Waals surface area contributed by atoms with Gasteiger partial charge in [-0.25, -0.2) is 0 Å². The van der Waals surface area contributed by atoms with E-state index in [0.29, 0.717) is 6.04 Å². The normalized spacial score (nSPS) is 15.8. The molecule has 0 aromatic heterocycles. The second kappa shape index (κ2) is 5.17. The van der Waals surface area contributed by atoms with E-state index in [1.165, 1.54) is 12.8 Å². The molecular formula is C15H19NO. The average molecular weight is 229 g/mol. The zero-order valence-electron chi connectivity index (χ0n) is 10.3. The predicted octanol–water partition coefficient (Wildman–Crippen LogP) is 3.31. The minimum absolute atomic E-state index is 0.0451. The van der Waals surface area contributed by atoms with Crippen LogP contribution in [-0.2, 0) is 0 Å². The van der Waals surface area contributed by atoms with E-state index in [4.69, 9.17) is 0 Å². The van der Waals surface area contributed by atoms with Gasteiger partial charge in [-0.2, -0.15) is 0 Å². The van der Waals surface area contributed by atoms with E-state index in [-0.39, 0.29) is 5.91 Å². The summed E-state index contributed by atoms with van der Waals surface area (Å²) in [5.41, 5.74) is 2.84. The third-order valence-electron chi connectivity index (χ3n) is 3.29. The zero-order chi connectivity index (χ0) is 12.3. The highest BCUT2D eigenvalue weighted by Crippen LogP contribution is 2.18. The number of nitrogens with one attached hydrogen (secondary N) is 1. The van der Waals surface area contributed by atoms with Crippen molar-refractivity contribution in [2.24, 2.45) is 0 Å². The number of benzene rings is 1. The molecule has 90 valence electrons. The second-order valence-electron chi connectivity index (χ2n) is 4.79. The summed E-state index contributed by atoms with van der Waals surface area (Å²) in [4.78, 5) is 12.1. The number of amides is 1. The molecule has 2 nitrogen and oxygen atoms in total. The number of carbonyl (C=O) groups excluding carboxylic acids is 1. The highest BCUT2D eigenvalue weighted by atomic mass is 16.1. The van der Waals surface area contributed by atoms with Gasteiger partial charge in [-0.3, -0.25) is 4.79 Å². The Morgan fingerprint density at radius 2 is 2.06 bits per heavy atom. The standard InChI is InChI=1S/C15H19NO/c1-3-12-8-11(2)9-13(10-12)15(17)16-14-6-4-5-7-14/h3,8-10,14H,1,4-7H2,2H3,(H,16,17). The Morgan fingerprint density at radius 3 is 2.71 bits per heavy atom. The zero-order valence-corrected chi connectivity index (χ0v) is 10.3. The van der Waals surface area contributed by atoms with Crippen LogP contribution in [0.4, 0.5) is 0 Å². The third-order valence-corrected chi connectivity index (χ3v) is 3.29. The fourth-order valence-corrected chi connectivity index (χ4v) is 2.40. The molecule has 1 saturated carbocycles. The van der Waals surface area contributed by atoms with Crippen LogP contribution in [0.2, 0.25) is 0 Å². The molecule has 0 bridgehead atoms. The molecule has 0 aliphatic heterocycles. The molecule has 2 heteroatoms. The van der Waals surface area contributed by atoms with E-state index >= 15 is 0 Å². The first-order chi connectivity index (χ1) is 8.19. The van der Waals surface area contributed by atoms with E-state index in [0.717, 1.165) is 29.5 Å². The highest BCUT2D eigenvalue weighted by molar-refractivity contribution is 5.95. The van der Waals surface area contributed by atoms with Gasteiger partial charge >= 0.3 is 0 Å². The van der Waals surface area contributed by atoms with Gasteiger partial charge in [0.05, 0.1) is 0 Å². The van der Waals surface area contributed by atoms with Gasteiger partial charge in [0, 0.05) is 11.6 Å². The average Bonchev–Trinajstić information content (AvgIpc) is 2.81. The van der Waals surface area contributed by atoms with Gasteiger partial charge in [-0.1, -0.05) is 31.6 Å². The largest absolute Gasteiger partial charge is 0.349 e. The summed E-state index contributed by atoms with van der Waals surface area (Å²) in [6.45, 7) is 5.74. The Morgan fingerprint density at radius 1 is 1.35 bits per heavy atom. The van der Waals surface area contributed by atoms with Crippen molar-refractivity contribution >= 4 is 12.0 Å². The molecule has 1 aliphatic rings. The van der Waals surface area contributed by atoms with Crippen molar-refractivity contribution in [3.8, 4) is 0 Å². The molecule has 0 unspecified atom stereocenters. The van der Waals surface area contributed by atoms with Crippen molar-refractivity contribution in [2.75, 3.05) is 0 Å². The number of aryl methyl sites for hydroxylation is 1. The van der Waals surface area contributed by atoms with E-state index in [1.54, 1.807) is 6.08 Å². The predicted molar refractivity (Wildman–Crippen MR) is 71.0 cm³/mol. The lowest BCUT2D eigenvalue weighted by molar-refractivity contribution is 0.0938. The molecule has 0 atom stereocenters. The molecule has 1 N–H and O–H groups in total. The maximum Gasteiger partial charge on any atom is 0.251 e. The number of rotatable bonds is 3. The molecule has 1 aliphatic carbocycles. The smallest absolute Gasteiger partial charge is 0.251 e. The second-order valence-corrected chi connectivity index (χ2v) is 4.79. The highest BCUT2D eigenvalue weighted by Gasteiger charge is 2.18. The first kappa shape index (κ1) is 11.9. The fourth-order valence-electron chi connectivity index (χ4n) is 2.40. The monoisotopic (exact) mass is 229 g/mol. The van der Waals surface area contributed by atoms with Gasteiger partial charge < -0.3 is 5.32 Å². The lowest BCUT2D eigenvalue weighted by atomic mass is 10.1. The molecule has 0 heterocycles. The lowest BCUT2D eigenvalue weighted by Gasteiger charge is -2.12. The van der Waals surface area contributed by atoms with Crippen LogP contribution in [0.15, 0.2) is 24.8 Å². The van der Waals surface area contributed by atoms with Crippen LogP contribution in [0.25, 0.3) is 6.08 Å². The van der Waals surface area contributed by atoms with Gasteiger partial charge in [0.15, 0.2) is 0 Å². The van der Waals surface area contributed by atoms with Gasteiger partial charge in [0.1, 0.15) is 0 Å². The first-order valence-corrected chi connectivity index (χ1v) is 6.24. The van der Waals surface area contributed by atoms with Gasteiger partial charge in [-0.15, -0.1) is 0 Å². The van der Waals surface area contributed by atoms with E-state index < -0.39 is 0 Å². The van der Waals surface area contributed by atoms with Crippen LogP contribution in [-0.4, -0.2) is 11.9 Å². The van der Waals surface area contributed by atoms with Crippen molar-refractivity contribution < 1.29 is 4.79 Å². The molecule has 17 heavy (non-hydrogen) atoms. The molecule has 1 aromatic carbocycles. The Bertz CT molecular complexity index is 431. The Labute approximate surface area is 103 Å². The molecule has 1 aromatic rings. The molecular weight excluding hydrogens is 210 g/mol. The Hall–Kier alpha value is -1.57. The van der Waals surface area contributed by atoms with Gasteiger partial charge in [0.25, 0.3) is 5.91 Å². The molecule has 0 saturated heterocycles. The molecule has 0 spiro atoms. The summed E-state index contributed by atoms with van der Waals surface area (Å²) in [7, 11) is 0. The SMILES string of the molecule is C=Cc1cc(C)cc(C(=O)NC2CCCC2)c1. The van der Waals surface area contributed by atoms with Crippen molar-refractivity contribution in [3.63, 3.8) is 0 Å². The van der Waals surface area contributed by atoms with Crippen molar-refractivity contribution in [1.29, 1.82) is 0 Å². The topological polar surface area (TPSA) is 29.1 Å².